The summed E-state index contributed by atoms with van der Waals surface area (Å²) in [5, 5.41) is 8.00. The zero-order chi connectivity index (χ0) is 46.2. The highest BCUT2D eigenvalue weighted by atomic mass is 16.3. The molecule has 70 heavy (non-hydrogen) atoms. The summed E-state index contributed by atoms with van der Waals surface area (Å²) >= 11 is 0. The molecule has 5 heteroatoms. The predicted molar refractivity (Wildman–Crippen MR) is 289 cm³/mol. The van der Waals surface area contributed by atoms with E-state index in [0.29, 0.717) is 5.95 Å². The lowest BCUT2D eigenvalue weighted by Crippen LogP contribution is -2.15. The van der Waals surface area contributed by atoms with E-state index in [1.165, 1.54) is 49.4 Å². The van der Waals surface area contributed by atoms with Crippen LogP contribution >= 0.6 is 0 Å². The molecular weight excluding hydrogens is 853 g/mol. The smallest absolute Gasteiger partial charge is 0.235 e. The molecule has 10 aromatic carbocycles. The van der Waals surface area contributed by atoms with Crippen molar-refractivity contribution < 1.29 is 4.42 Å². The van der Waals surface area contributed by atoms with Gasteiger partial charge in [0.05, 0.1) is 33.3 Å². The topological polar surface area (TPSA) is 48.8 Å². The minimum Gasteiger partial charge on any atom is -0.456 e. The summed E-state index contributed by atoms with van der Waals surface area (Å²) in [5.41, 5.74) is 19.9. The molecule has 5 nitrogen and oxygen atoms in total. The first-order valence-electron chi connectivity index (χ1n) is 24.1. The van der Waals surface area contributed by atoms with Crippen molar-refractivity contribution in [2.75, 3.05) is 0 Å². The van der Waals surface area contributed by atoms with E-state index in [2.05, 4.69) is 241 Å². The van der Waals surface area contributed by atoms with Crippen LogP contribution in [0.3, 0.4) is 0 Å². The van der Waals surface area contributed by atoms with Crippen molar-refractivity contribution in [2.24, 2.45) is 0 Å². The SMILES string of the molecule is CC1(C)c2ccccc2-c2cc3c4cc(-c5ccc6oc7cccc(-c8ccc9c(c8)c8ccccc8n9-c8ccccc8)c7c6c5)ccc4n(-c4nc(-c5ccccc5)c5ccccc5n4)c3cc21. The fourth-order valence-corrected chi connectivity index (χ4v) is 11.8. The molecule has 0 atom stereocenters. The van der Waals surface area contributed by atoms with Crippen LogP contribution in [-0.2, 0) is 5.41 Å². The number of aromatic nitrogens is 4. The van der Waals surface area contributed by atoms with Crippen molar-refractivity contribution in [2.45, 2.75) is 19.3 Å². The minimum absolute atomic E-state index is 0.180. The van der Waals surface area contributed by atoms with Gasteiger partial charge in [0, 0.05) is 54.4 Å². The average molecular weight is 895 g/mol. The van der Waals surface area contributed by atoms with Crippen LogP contribution < -0.4 is 0 Å². The summed E-state index contributed by atoms with van der Waals surface area (Å²) in [5.74, 6) is 0.653. The molecule has 15 rings (SSSR count). The Balaban J connectivity index is 0.935. The second kappa shape index (κ2) is 14.5. The largest absolute Gasteiger partial charge is 0.456 e. The van der Waals surface area contributed by atoms with Crippen LogP contribution in [0, 0.1) is 0 Å². The lowest BCUT2D eigenvalue weighted by Gasteiger charge is -2.21. The number of hydrogen-bond acceptors (Lipinski definition) is 3. The van der Waals surface area contributed by atoms with E-state index in [1.807, 2.05) is 0 Å². The molecule has 4 heterocycles. The summed E-state index contributed by atoms with van der Waals surface area (Å²) in [6.45, 7) is 4.69. The third-order valence-corrected chi connectivity index (χ3v) is 15.1. The Morgan fingerprint density at radius 1 is 0.371 bits per heavy atom. The number of furan rings is 1. The highest BCUT2D eigenvalue weighted by molar-refractivity contribution is 6.17. The standard InChI is InChI=1S/C65H42N4O/c1-65(2)53-24-12-9-20-45(53)48-37-51-50-34-40(28-31-58(50)69(59(51)38-54(48)65)64-66-55-25-13-10-22-47(55)63(67-64)39-16-5-3-6-17-39)41-30-33-60-52(35-41)62-44(23-15-27-61(62)70-60)42-29-32-57-49(36-42)46-21-11-14-26-56(46)68(57)43-18-7-4-8-19-43/h3-38H,1-2H3. The summed E-state index contributed by atoms with van der Waals surface area (Å²) in [6, 6.07) is 78.8. The molecule has 0 radical (unpaired) electrons. The van der Waals surface area contributed by atoms with Crippen molar-refractivity contribution >= 4 is 76.5 Å². The fraction of sp³-hybridized carbons (Fsp3) is 0.0462. The van der Waals surface area contributed by atoms with Gasteiger partial charge < -0.3 is 8.98 Å². The molecule has 0 saturated heterocycles. The van der Waals surface area contributed by atoms with Gasteiger partial charge in [-0.05, 0) is 123 Å². The molecular formula is C65H42N4O. The third-order valence-electron chi connectivity index (χ3n) is 15.1. The molecule has 0 unspecified atom stereocenters. The maximum Gasteiger partial charge on any atom is 0.235 e. The van der Waals surface area contributed by atoms with Gasteiger partial charge in [-0.1, -0.05) is 153 Å². The molecule has 0 fully saturated rings. The first-order chi connectivity index (χ1) is 34.5. The Morgan fingerprint density at radius 3 is 1.86 bits per heavy atom. The van der Waals surface area contributed by atoms with Gasteiger partial charge in [0.25, 0.3) is 0 Å². The van der Waals surface area contributed by atoms with Crippen molar-refractivity contribution in [1.82, 2.24) is 19.1 Å². The lowest BCUT2D eigenvalue weighted by atomic mass is 9.82. The van der Waals surface area contributed by atoms with E-state index >= 15 is 0 Å². The normalized spacial score (nSPS) is 13.1. The first kappa shape index (κ1) is 39.0. The zero-order valence-corrected chi connectivity index (χ0v) is 38.5. The van der Waals surface area contributed by atoms with Gasteiger partial charge in [-0.3, -0.25) is 4.57 Å². The van der Waals surface area contributed by atoms with Crippen LogP contribution in [0.2, 0.25) is 0 Å². The molecule has 0 aliphatic heterocycles. The van der Waals surface area contributed by atoms with Crippen molar-refractivity contribution in [3.05, 3.63) is 230 Å². The van der Waals surface area contributed by atoms with Crippen LogP contribution in [0.5, 0.6) is 0 Å². The van der Waals surface area contributed by atoms with E-state index in [0.717, 1.165) is 88.5 Å². The van der Waals surface area contributed by atoms with Crippen molar-refractivity contribution in [3.8, 4) is 56.3 Å². The molecule has 328 valence electrons. The Bertz CT molecular complexity index is 4500. The molecule has 1 aliphatic carbocycles. The molecule has 0 bridgehead atoms. The van der Waals surface area contributed by atoms with Gasteiger partial charge in [-0.25, -0.2) is 9.97 Å². The van der Waals surface area contributed by atoms with Gasteiger partial charge in [0.1, 0.15) is 11.2 Å². The molecule has 0 amide bonds. The third kappa shape index (κ3) is 5.54. The maximum absolute atomic E-state index is 6.64. The van der Waals surface area contributed by atoms with Gasteiger partial charge >= 0.3 is 0 Å². The van der Waals surface area contributed by atoms with Gasteiger partial charge in [0.15, 0.2) is 0 Å². The van der Waals surface area contributed by atoms with E-state index < -0.39 is 0 Å². The first-order valence-corrected chi connectivity index (χ1v) is 24.1. The number of nitrogens with zero attached hydrogens (tertiary/aromatic N) is 4. The number of rotatable bonds is 5. The highest BCUT2D eigenvalue weighted by Crippen LogP contribution is 2.51. The van der Waals surface area contributed by atoms with Gasteiger partial charge in [-0.15, -0.1) is 0 Å². The Hall–Kier alpha value is -9.06. The second-order valence-electron chi connectivity index (χ2n) is 19.3. The van der Waals surface area contributed by atoms with Crippen LogP contribution in [-0.4, -0.2) is 19.1 Å². The van der Waals surface area contributed by atoms with Crippen LogP contribution in [0.25, 0.3) is 133 Å². The van der Waals surface area contributed by atoms with Crippen molar-refractivity contribution in [3.63, 3.8) is 0 Å². The lowest BCUT2D eigenvalue weighted by molar-refractivity contribution is 0.661. The molecule has 14 aromatic rings. The van der Waals surface area contributed by atoms with Crippen LogP contribution in [0.15, 0.2) is 223 Å². The fourth-order valence-electron chi connectivity index (χ4n) is 11.8. The Kier molecular flexibility index (Phi) is 8.06. The van der Waals surface area contributed by atoms with E-state index in [4.69, 9.17) is 14.4 Å². The number of benzene rings is 10. The monoisotopic (exact) mass is 894 g/mol. The zero-order valence-electron chi connectivity index (χ0n) is 38.5. The van der Waals surface area contributed by atoms with E-state index in [1.54, 1.807) is 0 Å². The van der Waals surface area contributed by atoms with Gasteiger partial charge in [0.2, 0.25) is 5.95 Å². The number of fused-ring (bicyclic) bond motifs is 13. The number of para-hydroxylation sites is 3. The second-order valence-corrected chi connectivity index (χ2v) is 19.3. The summed E-state index contributed by atoms with van der Waals surface area (Å²) in [4.78, 5) is 10.8. The summed E-state index contributed by atoms with van der Waals surface area (Å²) in [6.07, 6.45) is 0. The maximum atomic E-state index is 6.64. The van der Waals surface area contributed by atoms with Gasteiger partial charge in [-0.2, -0.15) is 0 Å². The van der Waals surface area contributed by atoms with E-state index in [9.17, 15) is 0 Å². The summed E-state index contributed by atoms with van der Waals surface area (Å²) in [7, 11) is 0. The Labute approximate surface area is 403 Å². The highest BCUT2D eigenvalue weighted by Gasteiger charge is 2.36. The molecule has 1 aliphatic rings. The number of hydrogen-bond donors (Lipinski definition) is 0. The minimum atomic E-state index is -0.180. The quantitative estimate of drug-likeness (QED) is 0.173. The molecule has 0 saturated carbocycles. The van der Waals surface area contributed by atoms with Crippen molar-refractivity contribution in [1.29, 1.82) is 0 Å². The van der Waals surface area contributed by atoms with Crippen LogP contribution in [0.4, 0.5) is 0 Å². The Morgan fingerprint density at radius 2 is 1.00 bits per heavy atom. The molecule has 0 spiro atoms. The summed E-state index contributed by atoms with van der Waals surface area (Å²) < 4.78 is 11.3. The predicted octanol–water partition coefficient (Wildman–Crippen LogP) is 17.0. The molecule has 4 aromatic heterocycles. The van der Waals surface area contributed by atoms with Crippen LogP contribution in [0.1, 0.15) is 25.0 Å². The molecule has 0 N–H and O–H groups in total. The average Bonchev–Trinajstić information content (AvgIpc) is 4.13. The van der Waals surface area contributed by atoms with E-state index in [-0.39, 0.29) is 5.41 Å².